The van der Waals surface area contributed by atoms with E-state index in [4.69, 9.17) is 4.74 Å². The van der Waals surface area contributed by atoms with Crippen molar-refractivity contribution < 1.29 is 14.6 Å². The van der Waals surface area contributed by atoms with Gasteiger partial charge in [0.15, 0.2) is 0 Å². The van der Waals surface area contributed by atoms with Crippen molar-refractivity contribution >= 4 is 5.97 Å². The first-order valence-corrected chi connectivity index (χ1v) is 8.56. The van der Waals surface area contributed by atoms with Gasteiger partial charge in [-0.1, -0.05) is 56.3 Å². The SMILES string of the molecule is C=C1C=C(C(=O)OCC)C=C(C(O)c2ccccc2)N1/C=C\CCC. The Morgan fingerprint density at radius 1 is 1.28 bits per heavy atom. The third-order valence-corrected chi connectivity index (χ3v) is 3.83. The van der Waals surface area contributed by atoms with E-state index in [-0.39, 0.29) is 0 Å². The van der Waals surface area contributed by atoms with Gasteiger partial charge in [0.2, 0.25) is 0 Å². The number of unbranched alkanes of at least 4 members (excludes halogenated alkanes) is 1. The molecule has 4 heteroatoms. The smallest absolute Gasteiger partial charge is 0.338 e. The van der Waals surface area contributed by atoms with Gasteiger partial charge in [0, 0.05) is 11.9 Å². The Labute approximate surface area is 149 Å². The van der Waals surface area contributed by atoms with Crippen molar-refractivity contribution in [1.82, 2.24) is 4.90 Å². The zero-order chi connectivity index (χ0) is 18.2. The molecule has 1 atom stereocenters. The number of nitrogens with zero attached hydrogens (tertiary/aromatic N) is 1. The average molecular weight is 339 g/mol. The maximum absolute atomic E-state index is 12.1. The minimum Gasteiger partial charge on any atom is -0.462 e. The number of allylic oxidation sites excluding steroid dienone is 2. The number of carbonyl (C=O) groups is 1. The minimum absolute atomic E-state index is 0.299. The normalized spacial score (nSPS) is 15.8. The first-order valence-electron chi connectivity index (χ1n) is 8.56. The summed E-state index contributed by atoms with van der Waals surface area (Å²) in [4.78, 5) is 13.9. The van der Waals surface area contributed by atoms with Gasteiger partial charge in [0.05, 0.1) is 17.9 Å². The lowest BCUT2D eigenvalue weighted by Crippen LogP contribution is -2.25. The number of benzene rings is 1. The zero-order valence-electron chi connectivity index (χ0n) is 14.8. The summed E-state index contributed by atoms with van der Waals surface area (Å²) >= 11 is 0. The van der Waals surface area contributed by atoms with Crippen molar-refractivity contribution in [1.29, 1.82) is 0 Å². The number of hydrogen-bond acceptors (Lipinski definition) is 4. The molecule has 0 bridgehead atoms. The zero-order valence-corrected chi connectivity index (χ0v) is 14.8. The molecule has 0 saturated heterocycles. The van der Waals surface area contributed by atoms with Crippen LogP contribution in [0.2, 0.25) is 0 Å². The predicted molar refractivity (Wildman–Crippen MR) is 99.2 cm³/mol. The summed E-state index contributed by atoms with van der Waals surface area (Å²) in [6.07, 6.45) is 8.34. The first-order chi connectivity index (χ1) is 12.1. The first kappa shape index (κ1) is 18.7. The fourth-order valence-corrected chi connectivity index (χ4v) is 2.56. The number of rotatable bonds is 7. The predicted octanol–water partition coefficient (Wildman–Crippen LogP) is 4.24. The van der Waals surface area contributed by atoms with Crippen molar-refractivity contribution in [3.8, 4) is 0 Å². The molecule has 1 unspecified atom stereocenters. The van der Waals surface area contributed by atoms with E-state index in [0.717, 1.165) is 18.4 Å². The summed E-state index contributed by atoms with van der Waals surface area (Å²) in [5.74, 6) is -0.418. The third kappa shape index (κ3) is 4.70. The van der Waals surface area contributed by atoms with Gasteiger partial charge in [0.1, 0.15) is 6.10 Å². The van der Waals surface area contributed by atoms with Crippen molar-refractivity contribution in [3.63, 3.8) is 0 Å². The molecule has 1 heterocycles. The molecule has 2 rings (SSSR count). The molecular formula is C21H25NO3. The van der Waals surface area contributed by atoms with Crippen LogP contribution in [-0.2, 0) is 9.53 Å². The molecule has 0 fully saturated rings. The number of aliphatic hydroxyl groups excluding tert-OH is 1. The monoisotopic (exact) mass is 339 g/mol. The molecule has 1 aliphatic heterocycles. The van der Waals surface area contributed by atoms with E-state index in [1.54, 1.807) is 19.1 Å². The van der Waals surface area contributed by atoms with Crippen LogP contribution >= 0.6 is 0 Å². The van der Waals surface area contributed by atoms with Crippen LogP contribution in [0.4, 0.5) is 0 Å². The van der Waals surface area contributed by atoms with Crippen molar-refractivity contribution in [3.05, 3.63) is 83.9 Å². The molecule has 1 aliphatic rings. The highest BCUT2D eigenvalue weighted by Gasteiger charge is 2.25. The van der Waals surface area contributed by atoms with E-state index in [9.17, 15) is 9.90 Å². The maximum Gasteiger partial charge on any atom is 0.338 e. The lowest BCUT2D eigenvalue weighted by molar-refractivity contribution is -0.138. The molecule has 0 amide bonds. The topological polar surface area (TPSA) is 49.8 Å². The maximum atomic E-state index is 12.1. The Hall–Kier alpha value is -2.59. The number of ether oxygens (including phenoxy) is 1. The summed E-state index contributed by atoms with van der Waals surface area (Å²) in [5, 5.41) is 10.9. The fraction of sp³-hybridized carbons (Fsp3) is 0.286. The lowest BCUT2D eigenvalue weighted by Gasteiger charge is -2.31. The lowest BCUT2D eigenvalue weighted by atomic mass is 10.00. The number of carbonyl (C=O) groups excluding carboxylic acids is 1. The van der Waals surface area contributed by atoms with Crippen LogP contribution in [-0.4, -0.2) is 22.6 Å². The summed E-state index contributed by atoms with van der Waals surface area (Å²) in [6, 6.07) is 9.34. The third-order valence-electron chi connectivity index (χ3n) is 3.83. The highest BCUT2D eigenvalue weighted by molar-refractivity contribution is 5.92. The Bertz CT molecular complexity index is 701. The van der Waals surface area contributed by atoms with Gasteiger partial charge in [-0.05, 0) is 31.1 Å². The van der Waals surface area contributed by atoms with Gasteiger partial charge in [0.25, 0.3) is 0 Å². The molecule has 0 spiro atoms. The van der Waals surface area contributed by atoms with Crippen LogP contribution in [0.5, 0.6) is 0 Å². The molecule has 0 aliphatic carbocycles. The van der Waals surface area contributed by atoms with E-state index in [1.165, 1.54) is 0 Å². The second-order valence-electron chi connectivity index (χ2n) is 5.74. The average Bonchev–Trinajstić information content (AvgIpc) is 2.63. The Morgan fingerprint density at radius 2 is 2.00 bits per heavy atom. The quantitative estimate of drug-likeness (QED) is 0.755. The highest BCUT2D eigenvalue weighted by atomic mass is 16.5. The van der Waals surface area contributed by atoms with E-state index in [0.29, 0.717) is 23.6 Å². The van der Waals surface area contributed by atoms with Gasteiger partial charge < -0.3 is 14.7 Å². The summed E-state index contributed by atoms with van der Waals surface area (Å²) in [6.45, 7) is 8.19. The summed E-state index contributed by atoms with van der Waals surface area (Å²) in [7, 11) is 0. The van der Waals surface area contributed by atoms with Crippen LogP contribution in [0, 0.1) is 0 Å². The Morgan fingerprint density at radius 3 is 2.64 bits per heavy atom. The van der Waals surface area contributed by atoms with Crippen LogP contribution in [0.15, 0.2) is 78.3 Å². The molecule has 0 saturated carbocycles. The van der Waals surface area contributed by atoms with Crippen molar-refractivity contribution in [2.24, 2.45) is 0 Å². The summed E-state index contributed by atoms with van der Waals surface area (Å²) in [5.41, 5.74) is 2.33. The molecule has 1 aromatic carbocycles. The fourth-order valence-electron chi connectivity index (χ4n) is 2.56. The second kappa shape index (κ2) is 9.04. The van der Waals surface area contributed by atoms with Crippen molar-refractivity contribution in [2.45, 2.75) is 32.8 Å². The summed E-state index contributed by atoms with van der Waals surface area (Å²) < 4.78 is 5.09. The van der Waals surface area contributed by atoms with E-state index < -0.39 is 12.1 Å². The van der Waals surface area contributed by atoms with Gasteiger partial charge >= 0.3 is 5.97 Å². The van der Waals surface area contributed by atoms with Crippen LogP contribution < -0.4 is 0 Å². The van der Waals surface area contributed by atoms with E-state index >= 15 is 0 Å². The number of esters is 1. The number of hydrogen-bond donors (Lipinski definition) is 1. The number of aliphatic hydroxyl groups is 1. The molecule has 25 heavy (non-hydrogen) atoms. The Kier molecular flexibility index (Phi) is 6.78. The molecule has 132 valence electrons. The highest BCUT2D eigenvalue weighted by Crippen LogP contribution is 2.32. The van der Waals surface area contributed by atoms with Crippen LogP contribution in [0.3, 0.4) is 0 Å². The van der Waals surface area contributed by atoms with E-state index in [2.05, 4.69) is 13.5 Å². The molecule has 1 aromatic rings. The molecule has 0 aromatic heterocycles. The molecular weight excluding hydrogens is 314 g/mol. The molecule has 1 N–H and O–H groups in total. The van der Waals surface area contributed by atoms with Gasteiger partial charge in [-0.3, -0.25) is 0 Å². The van der Waals surface area contributed by atoms with E-state index in [1.807, 2.05) is 47.5 Å². The molecule has 4 nitrogen and oxygen atoms in total. The van der Waals surface area contributed by atoms with Crippen LogP contribution in [0.25, 0.3) is 0 Å². The van der Waals surface area contributed by atoms with Gasteiger partial charge in [-0.2, -0.15) is 0 Å². The van der Waals surface area contributed by atoms with Crippen LogP contribution in [0.1, 0.15) is 38.4 Å². The Balaban J connectivity index is 2.39. The standard InChI is InChI=1S/C21H25NO3/c1-4-6-10-13-22-16(3)14-18(21(24)25-5-2)15-19(22)20(23)17-11-8-7-9-12-17/h7-15,20,23H,3-6H2,1-2H3/b13-10-. The largest absolute Gasteiger partial charge is 0.462 e. The minimum atomic E-state index is -0.873. The van der Waals surface area contributed by atoms with Gasteiger partial charge in [-0.25, -0.2) is 4.79 Å². The van der Waals surface area contributed by atoms with Gasteiger partial charge in [-0.15, -0.1) is 0 Å². The van der Waals surface area contributed by atoms with Crippen molar-refractivity contribution in [2.75, 3.05) is 6.61 Å². The second-order valence-corrected chi connectivity index (χ2v) is 5.74. The molecule has 0 radical (unpaired) electrons.